The molecular weight excluding hydrogens is 468 g/mol. The van der Waals surface area contributed by atoms with Gasteiger partial charge in [-0.1, -0.05) is 58.3 Å². The number of rotatable bonds is 9. The van der Waals surface area contributed by atoms with E-state index in [0.29, 0.717) is 12.0 Å². The van der Waals surface area contributed by atoms with Crippen molar-refractivity contribution in [3.63, 3.8) is 0 Å². The van der Waals surface area contributed by atoms with Crippen LogP contribution in [0.3, 0.4) is 0 Å². The van der Waals surface area contributed by atoms with E-state index in [4.69, 9.17) is 0 Å². The quantitative estimate of drug-likeness (QED) is 0.178. The first-order valence-corrected chi connectivity index (χ1v) is 13.1. The summed E-state index contributed by atoms with van der Waals surface area (Å²) in [6, 6.07) is 2.10. The van der Waals surface area contributed by atoms with Gasteiger partial charge in [0.25, 0.3) is 0 Å². The maximum atomic E-state index is 13.9. The number of hydrogen-bond donors (Lipinski definition) is 0. The summed E-state index contributed by atoms with van der Waals surface area (Å²) in [6.07, 6.45) is 17.4. The second-order valence-electron chi connectivity index (χ2n) is 10.0. The zero-order valence-electron chi connectivity index (χ0n) is 18.8. The third kappa shape index (κ3) is 7.20. The molecule has 0 aliphatic heterocycles. The van der Waals surface area contributed by atoms with E-state index < -0.39 is 22.0 Å². The highest BCUT2D eigenvalue weighted by atomic mass is 79.9. The first-order valence-electron chi connectivity index (χ1n) is 12.3. The topological polar surface area (TPSA) is 0 Å². The fourth-order valence-electron chi connectivity index (χ4n) is 6.11. The molecule has 2 fully saturated rings. The Kier molecular flexibility index (Phi) is 9.31. The van der Waals surface area contributed by atoms with Crippen LogP contribution in [0.2, 0.25) is 0 Å². The van der Waals surface area contributed by atoms with Crippen molar-refractivity contribution in [2.24, 2.45) is 23.7 Å². The van der Waals surface area contributed by atoms with Crippen LogP contribution in [0.5, 0.6) is 0 Å². The third-order valence-corrected chi connectivity index (χ3v) is 8.26. The van der Waals surface area contributed by atoms with E-state index in [1.165, 1.54) is 70.6 Å². The molecule has 0 saturated heterocycles. The average molecular weight is 505 g/mol. The zero-order chi connectivity index (χ0) is 22.4. The molecule has 0 N–H and O–H groups in total. The Morgan fingerprint density at radius 2 is 1.29 bits per heavy atom. The van der Waals surface area contributed by atoms with Gasteiger partial charge in [-0.2, -0.15) is 8.78 Å². The lowest BCUT2D eigenvalue weighted by Crippen LogP contribution is -2.25. The first-order chi connectivity index (χ1) is 14.8. The minimum Gasteiger partial charge on any atom is -0.206 e. The first kappa shape index (κ1) is 25.1. The van der Waals surface area contributed by atoms with Crippen LogP contribution in [0.15, 0.2) is 12.1 Å². The second-order valence-corrected chi connectivity index (χ2v) is 11.0. The highest BCUT2D eigenvalue weighted by Gasteiger charge is 2.35. The molecule has 2 saturated carbocycles. The lowest BCUT2D eigenvalue weighted by molar-refractivity contribution is 0.105. The smallest absolute Gasteiger partial charge is 0.206 e. The van der Waals surface area contributed by atoms with Gasteiger partial charge in [-0.15, -0.1) is 0 Å². The predicted molar refractivity (Wildman–Crippen MR) is 123 cm³/mol. The van der Waals surface area contributed by atoms with Crippen LogP contribution < -0.4 is 0 Å². The number of alkyl halides is 3. The highest BCUT2D eigenvalue weighted by molar-refractivity contribution is 9.09. The van der Waals surface area contributed by atoms with Crippen LogP contribution >= 0.6 is 15.9 Å². The Balaban J connectivity index is 1.35. The Morgan fingerprint density at radius 1 is 0.806 bits per heavy atom. The van der Waals surface area contributed by atoms with Crippen molar-refractivity contribution in [2.75, 3.05) is 0 Å². The van der Waals surface area contributed by atoms with Gasteiger partial charge in [-0.3, -0.25) is 0 Å². The summed E-state index contributed by atoms with van der Waals surface area (Å²) in [5.41, 5.74) is -0.746. The number of unbranched alkanes of at least 4 members (excludes halogenated alkanes) is 1. The molecule has 2 aliphatic rings. The molecule has 3 rings (SSSR count). The molecule has 0 unspecified atom stereocenters. The molecule has 0 bridgehead atoms. The number of benzene rings is 1. The summed E-state index contributed by atoms with van der Waals surface area (Å²) in [5, 5.41) is 0. The molecule has 2 aliphatic carbocycles. The average Bonchev–Trinajstić information content (AvgIpc) is 2.71. The van der Waals surface area contributed by atoms with Crippen molar-refractivity contribution >= 4 is 15.9 Å². The molecule has 0 atom stereocenters. The molecule has 0 aromatic heterocycles. The molecule has 31 heavy (non-hydrogen) atoms. The van der Waals surface area contributed by atoms with E-state index in [9.17, 15) is 17.6 Å². The second kappa shape index (κ2) is 11.5. The molecule has 5 heteroatoms. The predicted octanol–water partition coefficient (Wildman–Crippen LogP) is 9.53. The van der Waals surface area contributed by atoms with E-state index in [2.05, 4.69) is 6.92 Å². The molecular formula is C26H37BrF4. The van der Waals surface area contributed by atoms with E-state index >= 15 is 0 Å². The van der Waals surface area contributed by atoms with Crippen LogP contribution in [0.4, 0.5) is 17.6 Å². The lowest BCUT2D eigenvalue weighted by Gasteiger charge is -2.38. The normalized spacial score (nSPS) is 27.4. The molecule has 0 nitrogen and oxygen atoms in total. The van der Waals surface area contributed by atoms with Gasteiger partial charge in [0.05, 0.1) is 0 Å². The summed E-state index contributed by atoms with van der Waals surface area (Å²) in [7, 11) is 0. The van der Waals surface area contributed by atoms with Gasteiger partial charge in [0.1, 0.15) is 17.2 Å². The van der Waals surface area contributed by atoms with Crippen LogP contribution in [-0.4, -0.2) is 0 Å². The Bertz CT molecular complexity index is 660. The molecule has 1 aromatic carbocycles. The highest BCUT2D eigenvalue weighted by Crippen LogP contribution is 2.43. The van der Waals surface area contributed by atoms with Crippen molar-refractivity contribution in [1.29, 1.82) is 0 Å². The Labute approximate surface area is 193 Å². The van der Waals surface area contributed by atoms with Crippen molar-refractivity contribution in [3.8, 4) is 0 Å². The van der Waals surface area contributed by atoms with Gasteiger partial charge in [-0.05, 0) is 95.8 Å². The molecule has 0 amide bonds. The van der Waals surface area contributed by atoms with E-state index in [0.717, 1.165) is 48.6 Å². The number of halogens is 5. The third-order valence-electron chi connectivity index (χ3n) is 7.86. The summed E-state index contributed by atoms with van der Waals surface area (Å²) in [4.78, 5) is -3.69. The van der Waals surface area contributed by atoms with Gasteiger partial charge in [0, 0.05) is 0 Å². The largest absolute Gasteiger partial charge is 0.332 e. The summed E-state index contributed by atoms with van der Waals surface area (Å²) in [6.45, 7) is 2.30. The van der Waals surface area contributed by atoms with Crippen LogP contribution in [0.1, 0.15) is 102 Å². The van der Waals surface area contributed by atoms with Crippen LogP contribution in [0, 0.1) is 35.3 Å². The van der Waals surface area contributed by atoms with E-state index in [-0.39, 0.29) is 0 Å². The fourth-order valence-corrected chi connectivity index (χ4v) is 6.49. The molecule has 1 aromatic rings. The standard InChI is InChI=1S/C26H37BrF4/c1-2-5-18-8-12-21(13-9-18)22-14-10-19(11-15-22)6-3-4-7-20-16-23(28)25(24(29)17-20)26(27,30)31/h16-19,21-22H,2-15H2,1H3. The van der Waals surface area contributed by atoms with Gasteiger partial charge >= 0.3 is 4.83 Å². The van der Waals surface area contributed by atoms with Crippen molar-refractivity contribution in [2.45, 2.75) is 102 Å². The van der Waals surface area contributed by atoms with Gasteiger partial charge in [0.15, 0.2) is 0 Å². The minimum absolute atomic E-state index is 0.456. The fraction of sp³-hybridized carbons (Fsp3) is 0.769. The summed E-state index contributed by atoms with van der Waals surface area (Å²) in [5.74, 6) is 1.27. The summed E-state index contributed by atoms with van der Waals surface area (Å²) >= 11 is 2.05. The molecule has 0 heterocycles. The maximum Gasteiger partial charge on any atom is 0.332 e. The van der Waals surface area contributed by atoms with Gasteiger partial charge in [-0.25, -0.2) is 8.78 Å². The molecule has 0 radical (unpaired) electrons. The zero-order valence-corrected chi connectivity index (χ0v) is 20.3. The maximum absolute atomic E-state index is 13.9. The SMILES string of the molecule is CCCC1CCC(C2CCC(CCCCc3cc(F)c(C(F)(F)Br)c(F)c3)CC2)CC1. The van der Waals surface area contributed by atoms with Gasteiger partial charge in [0.2, 0.25) is 0 Å². The monoisotopic (exact) mass is 504 g/mol. The van der Waals surface area contributed by atoms with Crippen molar-refractivity contribution in [3.05, 3.63) is 34.9 Å². The minimum atomic E-state index is -3.69. The lowest BCUT2D eigenvalue weighted by atomic mass is 9.68. The van der Waals surface area contributed by atoms with E-state index in [1.54, 1.807) is 0 Å². The molecule has 176 valence electrons. The number of hydrogen-bond acceptors (Lipinski definition) is 0. The van der Waals surface area contributed by atoms with Gasteiger partial charge < -0.3 is 0 Å². The van der Waals surface area contributed by atoms with Crippen LogP contribution in [-0.2, 0) is 11.3 Å². The number of aryl methyl sites for hydroxylation is 1. The van der Waals surface area contributed by atoms with Crippen molar-refractivity contribution < 1.29 is 17.6 Å². The van der Waals surface area contributed by atoms with E-state index in [1.807, 2.05) is 15.9 Å². The van der Waals surface area contributed by atoms with Crippen molar-refractivity contribution in [1.82, 2.24) is 0 Å². The summed E-state index contributed by atoms with van der Waals surface area (Å²) < 4.78 is 54.3. The Hall–Kier alpha value is -0.580. The van der Waals surface area contributed by atoms with Crippen LogP contribution in [0.25, 0.3) is 0 Å². The molecule has 0 spiro atoms. The Morgan fingerprint density at radius 3 is 1.74 bits per heavy atom.